The lowest BCUT2D eigenvalue weighted by atomic mass is 10.2. The van der Waals surface area contributed by atoms with Crippen molar-refractivity contribution in [1.82, 2.24) is 9.97 Å². The quantitative estimate of drug-likeness (QED) is 0.798. The maximum atomic E-state index is 5.59. The van der Waals surface area contributed by atoms with Crippen LogP contribution in [0.25, 0.3) is 0 Å². The molecule has 0 saturated carbocycles. The third-order valence-electron chi connectivity index (χ3n) is 2.55. The van der Waals surface area contributed by atoms with Crippen LogP contribution in [-0.4, -0.2) is 36.7 Å². The Hall–Kier alpha value is -1.36. The van der Waals surface area contributed by atoms with Gasteiger partial charge in [0.25, 0.3) is 0 Å². The third kappa shape index (κ3) is 4.49. The molecule has 0 aromatic carbocycles. The van der Waals surface area contributed by atoms with Gasteiger partial charge in [0, 0.05) is 19.2 Å². The largest absolute Gasteiger partial charge is 0.481 e. The lowest BCUT2D eigenvalue weighted by molar-refractivity contribution is 0.395. The van der Waals surface area contributed by atoms with Gasteiger partial charge in [-0.3, -0.25) is 0 Å². The molecule has 0 aliphatic heterocycles. The highest BCUT2D eigenvalue weighted by Gasteiger charge is 2.12. The van der Waals surface area contributed by atoms with Crippen LogP contribution in [0, 0.1) is 12.8 Å². The first kappa shape index (κ1) is 14.7. The lowest BCUT2D eigenvalue weighted by Crippen LogP contribution is -2.31. The van der Waals surface area contributed by atoms with Crippen LogP contribution in [0.1, 0.15) is 26.1 Å². The SMILES string of the molecule is COc1cc(N(CCCN)CC(C)C)nc(C)n1. The summed E-state index contributed by atoms with van der Waals surface area (Å²) in [4.78, 5) is 10.9. The van der Waals surface area contributed by atoms with Crippen molar-refractivity contribution in [2.75, 3.05) is 31.6 Å². The Labute approximate surface area is 109 Å². The minimum Gasteiger partial charge on any atom is -0.481 e. The summed E-state index contributed by atoms with van der Waals surface area (Å²) >= 11 is 0. The van der Waals surface area contributed by atoms with Crippen LogP contribution in [-0.2, 0) is 0 Å². The van der Waals surface area contributed by atoms with Crippen molar-refractivity contribution >= 4 is 5.82 Å². The summed E-state index contributed by atoms with van der Waals surface area (Å²) in [5, 5.41) is 0. The normalized spacial score (nSPS) is 10.8. The number of methoxy groups -OCH3 is 1. The fourth-order valence-electron chi connectivity index (χ4n) is 1.81. The van der Waals surface area contributed by atoms with Gasteiger partial charge in [-0.2, -0.15) is 4.98 Å². The van der Waals surface area contributed by atoms with E-state index in [0.717, 1.165) is 31.2 Å². The van der Waals surface area contributed by atoms with Crippen LogP contribution in [0.4, 0.5) is 5.82 Å². The van der Waals surface area contributed by atoms with E-state index in [-0.39, 0.29) is 0 Å². The number of rotatable bonds is 7. The standard InChI is InChI=1S/C13H24N4O/c1-10(2)9-17(7-5-6-14)12-8-13(18-4)16-11(3)15-12/h8,10H,5-7,9,14H2,1-4H3. The Morgan fingerprint density at radius 2 is 2.11 bits per heavy atom. The van der Waals surface area contributed by atoms with Gasteiger partial charge in [-0.05, 0) is 25.8 Å². The molecule has 0 bridgehead atoms. The summed E-state index contributed by atoms with van der Waals surface area (Å²) in [6.07, 6.45) is 0.956. The number of anilines is 1. The molecular formula is C13H24N4O. The zero-order valence-electron chi connectivity index (χ0n) is 11.8. The molecule has 0 atom stereocenters. The summed E-state index contributed by atoms with van der Waals surface area (Å²) < 4.78 is 5.19. The minimum atomic E-state index is 0.573. The molecule has 1 aromatic rings. The Bertz CT molecular complexity index is 368. The number of hydrogen-bond acceptors (Lipinski definition) is 5. The fourth-order valence-corrected chi connectivity index (χ4v) is 1.81. The van der Waals surface area contributed by atoms with Gasteiger partial charge in [-0.15, -0.1) is 0 Å². The first-order chi connectivity index (χ1) is 8.56. The lowest BCUT2D eigenvalue weighted by Gasteiger charge is -2.25. The van der Waals surface area contributed by atoms with Crippen molar-refractivity contribution in [1.29, 1.82) is 0 Å². The molecule has 18 heavy (non-hydrogen) atoms. The fraction of sp³-hybridized carbons (Fsp3) is 0.692. The highest BCUT2D eigenvalue weighted by atomic mass is 16.5. The zero-order valence-corrected chi connectivity index (χ0v) is 11.8. The predicted molar refractivity (Wildman–Crippen MR) is 74.0 cm³/mol. The van der Waals surface area contributed by atoms with E-state index in [9.17, 15) is 0 Å². The summed E-state index contributed by atoms with van der Waals surface area (Å²) in [5.41, 5.74) is 5.59. The Kier molecular flexibility index (Phi) is 5.85. The van der Waals surface area contributed by atoms with Crippen LogP contribution in [0.3, 0.4) is 0 Å². The van der Waals surface area contributed by atoms with Gasteiger partial charge in [0.05, 0.1) is 7.11 Å². The summed E-state index contributed by atoms with van der Waals surface area (Å²) in [6.45, 7) is 8.83. The van der Waals surface area contributed by atoms with E-state index in [2.05, 4.69) is 28.7 Å². The van der Waals surface area contributed by atoms with E-state index in [1.165, 1.54) is 0 Å². The molecule has 0 spiro atoms. The molecular weight excluding hydrogens is 228 g/mol. The van der Waals surface area contributed by atoms with Crippen LogP contribution in [0.15, 0.2) is 6.07 Å². The van der Waals surface area contributed by atoms with E-state index in [4.69, 9.17) is 10.5 Å². The topological polar surface area (TPSA) is 64.3 Å². The highest BCUT2D eigenvalue weighted by molar-refractivity contribution is 5.41. The number of nitrogens with two attached hydrogens (primary N) is 1. The smallest absolute Gasteiger partial charge is 0.218 e. The maximum Gasteiger partial charge on any atom is 0.218 e. The molecule has 5 heteroatoms. The molecule has 0 aliphatic rings. The number of hydrogen-bond donors (Lipinski definition) is 1. The number of nitrogens with zero attached hydrogens (tertiary/aromatic N) is 3. The average molecular weight is 252 g/mol. The Morgan fingerprint density at radius 1 is 1.39 bits per heavy atom. The monoisotopic (exact) mass is 252 g/mol. The van der Waals surface area contributed by atoms with E-state index < -0.39 is 0 Å². The van der Waals surface area contributed by atoms with E-state index in [1.54, 1.807) is 7.11 Å². The van der Waals surface area contributed by atoms with E-state index in [1.807, 2.05) is 13.0 Å². The average Bonchev–Trinajstić information content (AvgIpc) is 2.33. The van der Waals surface area contributed by atoms with Gasteiger partial charge >= 0.3 is 0 Å². The van der Waals surface area contributed by atoms with Crippen molar-refractivity contribution in [2.24, 2.45) is 11.7 Å². The second-order valence-corrected chi connectivity index (χ2v) is 4.80. The molecule has 0 saturated heterocycles. The van der Waals surface area contributed by atoms with Crippen molar-refractivity contribution < 1.29 is 4.74 Å². The Balaban J connectivity index is 2.91. The van der Waals surface area contributed by atoms with Gasteiger partial charge in [0.1, 0.15) is 11.6 Å². The van der Waals surface area contributed by atoms with E-state index in [0.29, 0.717) is 18.3 Å². The second kappa shape index (κ2) is 7.16. The van der Waals surface area contributed by atoms with Gasteiger partial charge in [-0.1, -0.05) is 13.8 Å². The zero-order chi connectivity index (χ0) is 13.5. The number of aromatic nitrogens is 2. The highest BCUT2D eigenvalue weighted by Crippen LogP contribution is 2.18. The molecule has 1 heterocycles. The predicted octanol–water partition coefficient (Wildman–Crippen LogP) is 1.60. The molecule has 0 unspecified atom stereocenters. The van der Waals surface area contributed by atoms with Crippen molar-refractivity contribution in [3.05, 3.63) is 11.9 Å². The van der Waals surface area contributed by atoms with Crippen molar-refractivity contribution in [2.45, 2.75) is 27.2 Å². The molecule has 1 rings (SSSR count). The van der Waals surface area contributed by atoms with Crippen molar-refractivity contribution in [3.63, 3.8) is 0 Å². The van der Waals surface area contributed by atoms with E-state index >= 15 is 0 Å². The molecule has 2 N–H and O–H groups in total. The van der Waals surface area contributed by atoms with Gasteiger partial charge in [0.15, 0.2) is 0 Å². The summed E-state index contributed by atoms with van der Waals surface area (Å²) in [7, 11) is 1.62. The van der Waals surface area contributed by atoms with Gasteiger partial charge in [-0.25, -0.2) is 4.98 Å². The van der Waals surface area contributed by atoms with Crippen LogP contribution in [0.5, 0.6) is 5.88 Å². The molecule has 0 aliphatic carbocycles. The molecule has 102 valence electrons. The van der Waals surface area contributed by atoms with Gasteiger partial charge in [0.2, 0.25) is 5.88 Å². The third-order valence-corrected chi connectivity index (χ3v) is 2.55. The van der Waals surface area contributed by atoms with Crippen molar-refractivity contribution in [3.8, 4) is 5.88 Å². The second-order valence-electron chi connectivity index (χ2n) is 4.80. The first-order valence-electron chi connectivity index (χ1n) is 6.41. The molecule has 5 nitrogen and oxygen atoms in total. The molecule has 1 aromatic heterocycles. The first-order valence-corrected chi connectivity index (χ1v) is 6.41. The minimum absolute atomic E-state index is 0.573. The summed E-state index contributed by atoms with van der Waals surface area (Å²) in [5.74, 6) is 2.83. The molecule has 0 radical (unpaired) electrons. The maximum absolute atomic E-state index is 5.59. The molecule has 0 fully saturated rings. The Morgan fingerprint density at radius 3 is 2.67 bits per heavy atom. The van der Waals surface area contributed by atoms with Crippen LogP contribution < -0.4 is 15.4 Å². The summed E-state index contributed by atoms with van der Waals surface area (Å²) in [6, 6.07) is 1.88. The van der Waals surface area contributed by atoms with Crippen LogP contribution >= 0.6 is 0 Å². The number of aryl methyl sites for hydroxylation is 1. The number of ether oxygens (including phenoxy) is 1. The van der Waals surface area contributed by atoms with Crippen LogP contribution in [0.2, 0.25) is 0 Å². The molecule has 0 amide bonds. The van der Waals surface area contributed by atoms with Gasteiger partial charge < -0.3 is 15.4 Å².